The van der Waals surface area contributed by atoms with E-state index in [-0.39, 0.29) is 29.8 Å². The maximum Gasteiger partial charge on any atom is 0.225 e. The minimum absolute atomic E-state index is 0.0121. The smallest absolute Gasteiger partial charge is 0.225 e. The summed E-state index contributed by atoms with van der Waals surface area (Å²) in [6.07, 6.45) is 0.167. The number of nitrogens with one attached hydrogen (secondary N) is 1. The van der Waals surface area contributed by atoms with Crippen LogP contribution in [0.15, 0.2) is 66.7 Å². The second-order valence-electron chi connectivity index (χ2n) is 6.48. The summed E-state index contributed by atoms with van der Waals surface area (Å²) in [6, 6.07) is 20.0. The number of phenolic OH excluding ortho intramolecular Hbond substituents is 1. The molecule has 0 aromatic heterocycles. The van der Waals surface area contributed by atoms with Gasteiger partial charge in [-0.05, 0) is 53.4 Å². The number of hydrogen-bond donors (Lipinski definition) is 3. The van der Waals surface area contributed by atoms with Crippen molar-refractivity contribution in [2.24, 2.45) is 0 Å². The van der Waals surface area contributed by atoms with E-state index in [2.05, 4.69) is 5.32 Å². The lowest BCUT2D eigenvalue weighted by Gasteiger charge is -2.22. The third-order valence-electron chi connectivity index (χ3n) is 4.44. The molecule has 4 nitrogen and oxygen atoms in total. The van der Waals surface area contributed by atoms with Gasteiger partial charge in [-0.3, -0.25) is 4.79 Å². The SMILES string of the molecule is Cc1cc(Cl)ccc1C(NC(=O)Cc1ccc(O)c(N)c1)c1ccccc1. The maximum absolute atomic E-state index is 12.7. The maximum atomic E-state index is 12.7. The third-order valence-corrected chi connectivity index (χ3v) is 4.67. The van der Waals surface area contributed by atoms with Crippen molar-refractivity contribution < 1.29 is 9.90 Å². The molecule has 3 rings (SSSR count). The van der Waals surface area contributed by atoms with Gasteiger partial charge in [0, 0.05) is 5.02 Å². The molecule has 4 N–H and O–H groups in total. The molecular formula is C22H21ClN2O2. The molecule has 0 radical (unpaired) electrons. The number of nitrogens with two attached hydrogens (primary N) is 1. The topological polar surface area (TPSA) is 75.3 Å². The summed E-state index contributed by atoms with van der Waals surface area (Å²) in [7, 11) is 0. The zero-order valence-electron chi connectivity index (χ0n) is 14.9. The lowest BCUT2D eigenvalue weighted by atomic mass is 9.94. The van der Waals surface area contributed by atoms with Gasteiger partial charge in [0.1, 0.15) is 5.75 Å². The van der Waals surface area contributed by atoms with Crippen molar-refractivity contribution in [1.82, 2.24) is 5.32 Å². The van der Waals surface area contributed by atoms with E-state index in [1.165, 1.54) is 6.07 Å². The molecular weight excluding hydrogens is 360 g/mol. The molecule has 3 aromatic carbocycles. The number of aryl methyl sites for hydroxylation is 1. The molecule has 0 saturated heterocycles. The third kappa shape index (κ3) is 4.60. The molecule has 0 saturated carbocycles. The number of nitrogen functional groups attached to an aromatic ring is 1. The van der Waals surface area contributed by atoms with E-state index in [4.69, 9.17) is 17.3 Å². The highest BCUT2D eigenvalue weighted by atomic mass is 35.5. The monoisotopic (exact) mass is 380 g/mol. The van der Waals surface area contributed by atoms with Crippen LogP contribution in [-0.2, 0) is 11.2 Å². The van der Waals surface area contributed by atoms with Gasteiger partial charge in [-0.25, -0.2) is 0 Å². The van der Waals surface area contributed by atoms with Gasteiger partial charge in [-0.1, -0.05) is 54.1 Å². The van der Waals surface area contributed by atoms with E-state index in [0.717, 1.165) is 22.3 Å². The van der Waals surface area contributed by atoms with Crippen LogP contribution in [0.5, 0.6) is 5.75 Å². The molecule has 1 unspecified atom stereocenters. The number of halogens is 1. The molecule has 27 heavy (non-hydrogen) atoms. The van der Waals surface area contributed by atoms with Crippen molar-refractivity contribution in [3.8, 4) is 5.75 Å². The summed E-state index contributed by atoms with van der Waals surface area (Å²) in [6.45, 7) is 1.98. The summed E-state index contributed by atoms with van der Waals surface area (Å²) < 4.78 is 0. The van der Waals surface area contributed by atoms with Crippen molar-refractivity contribution in [3.63, 3.8) is 0 Å². The molecule has 138 valence electrons. The van der Waals surface area contributed by atoms with Crippen LogP contribution in [0.4, 0.5) is 5.69 Å². The van der Waals surface area contributed by atoms with Gasteiger partial charge in [0.2, 0.25) is 5.91 Å². The first-order valence-corrected chi connectivity index (χ1v) is 8.99. The standard InChI is InChI=1S/C22H21ClN2O2/c1-14-11-17(23)8-9-18(14)22(16-5-3-2-4-6-16)25-21(27)13-15-7-10-20(26)19(24)12-15/h2-12,22,26H,13,24H2,1H3,(H,25,27). The second-order valence-corrected chi connectivity index (χ2v) is 6.92. The summed E-state index contributed by atoms with van der Waals surface area (Å²) in [5.41, 5.74) is 9.70. The molecule has 3 aromatic rings. The van der Waals surface area contributed by atoms with Crippen molar-refractivity contribution in [2.75, 3.05) is 5.73 Å². The van der Waals surface area contributed by atoms with Crippen molar-refractivity contribution in [2.45, 2.75) is 19.4 Å². The number of amides is 1. The molecule has 0 spiro atoms. The summed E-state index contributed by atoms with van der Waals surface area (Å²) in [5, 5.41) is 13.3. The van der Waals surface area contributed by atoms with Gasteiger partial charge < -0.3 is 16.2 Å². The molecule has 0 fully saturated rings. The van der Waals surface area contributed by atoms with Gasteiger partial charge in [-0.15, -0.1) is 0 Å². The van der Waals surface area contributed by atoms with E-state index in [9.17, 15) is 9.90 Å². The first-order chi connectivity index (χ1) is 12.9. The van der Waals surface area contributed by atoms with E-state index < -0.39 is 0 Å². The number of hydrogen-bond acceptors (Lipinski definition) is 3. The predicted octanol–water partition coefficient (Wildman–Crippen LogP) is 4.38. The van der Waals surface area contributed by atoms with E-state index >= 15 is 0 Å². The average Bonchev–Trinajstić information content (AvgIpc) is 2.64. The van der Waals surface area contributed by atoms with Crippen LogP contribution in [-0.4, -0.2) is 11.0 Å². The number of carbonyl (C=O) groups is 1. The van der Waals surface area contributed by atoms with Crippen LogP contribution in [0.3, 0.4) is 0 Å². The molecule has 0 bridgehead atoms. The molecule has 5 heteroatoms. The zero-order chi connectivity index (χ0) is 19.4. The summed E-state index contributed by atoms with van der Waals surface area (Å²) >= 11 is 6.09. The normalized spacial score (nSPS) is 11.8. The Kier molecular flexibility index (Phi) is 5.67. The van der Waals surface area contributed by atoms with Gasteiger partial charge >= 0.3 is 0 Å². The van der Waals surface area contributed by atoms with Crippen molar-refractivity contribution >= 4 is 23.2 Å². The Morgan fingerprint density at radius 2 is 1.85 bits per heavy atom. The fourth-order valence-electron chi connectivity index (χ4n) is 3.06. The Labute approximate surface area is 163 Å². The van der Waals surface area contributed by atoms with Crippen LogP contribution in [0.2, 0.25) is 5.02 Å². The highest BCUT2D eigenvalue weighted by Gasteiger charge is 2.19. The fourth-order valence-corrected chi connectivity index (χ4v) is 3.29. The van der Waals surface area contributed by atoms with Gasteiger partial charge in [0.05, 0.1) is 18.2 Å². The Bertz CT molecular complexity index is 958. The van der Waals surface area contributed by atoms with Crippen LogP contribution in [0, 0.1) is 6.92 Å². The quantitative estimate of drug-likeness (QED) is 0.454. The molecule has 0 heterocycles. The lowest BCUT2D eigenvalue weighted by Crippen LogP contribution is -2.31. The zero-order valence-corrected chi connectivity index (χ0v) is 15.7. The second kappa shape index (κ2) is 8.14. The largest absolute Gasteiger partial charge is 0.506 e. The van der Waals surface area contributed by atoms with E-state index in [0.29, 0.717) is 5.02 Å². The van der Waals surface area contributed by atoms with Crippen LogP contribution in [0.1, 0.15) is 28.3 Å². The number of phenols is 1. The van der Waals surface area contributed by atoms with Crippen LogP contribution >= 0.6 is 11.6 Å². The lowest BCUT2D eigenvalue weighted by molar-refractivity contribution is -0.120. The molecule has 1 amide bonds. The molecule has 0 aliphatic heterocycles. The van der Waals surface area contributed by atoms with E-state index in [1.54, 1.807) is 12.1 Å². The van der Waals surface area contributed by atoms with E-state index in [1.807, 2.05) is 55.5 Å². The Hall–Kier alpha value is -2.98. The highest BCUT2D eigenvalue weighted by molar-refractivity contribution is 6.30. The number of carbonyl (C=O) groups excluding carboxylic acids is 1. The summed E-state index contributed by atoms with van der Waals surface area (Å²) in [4.78, 5) is 12.7. The van der Waals surface area contributed by atoms with Crippen molar-refractivity contribution in [3.05, 3.63) is 94.0 Å². The number of benzene rings is 3. The molecule has 1 atom stereocenters. The number of aromatic hydroxyl groups is 1. The molecule has 0 aliphatic carbocycles. The Morgan fingerprint density at radius 1 is 1.11 bits per heavy atom. The molecule has 0 aliphatic rings. The number of anilines is 1. The highest BCUT2D eigenvalue weighted by Crippen LogP contribution is 2.27. The minimum atomic E-state index is -0.287. The van der Waals surface area contributed by atoms with Gasteiger partial charge in [-0.2, -0.15) is 0 Å². The average molecular weight is 381 g/mol. The Morgan fingerprint density at radius 3 is 2.52 bits per heavy atom. The van der Waals surface area contributed by atoms with Crippen molar-refractivity contribution in [1.29, 1.82) is 0 Å². The van der Waals surface area contributed by atoms with Crippen LogP contribution in [0.25, 0.3) is 0 Å². The summed E-state index contributed by atoms with van der Waals surface area (Å²) in [5.74, 6) is -0.124. The fraction of sp³-hybridized carbons (Fsp3) is 0.136. The number of rotatable bonds is 5. The first kappa shape index (κ1) is 18.8. The van der Waals surface area contributed by atoms with Gasteiger partial charge in [0.15, 0.2) is 0 Å². The van der Waals surface area contributed by atoms with Crippen LogP contribution < -0.4 is 11.1 Å². The predicted molar refractivity (Wildman–Crippen MR) is 109 cm³/mol. The van der Waals surface area contributed by atoms with Gasteiger partial charge in [0.25, 0.3) is 0 Å². The Balaban J connectivity index is 1.87. The minimum Gasteiger partial charge on any atom is -0.506 e. The first-order valence-electron chi connectivity index (χ1n) is 8.62.